The number of amides is 2. The summed E-state index contributed by atoms with van der Waals surface area (Å²) in [5.74, 6) is 0.592. The van der Waals surface area contributed by atoms with E-state index in [1.807, 2.05) is 68.4 Å². The van der Waals surface area contributed by atoms with Crippen molar-refractivity contribution in [1.82, 2.24) is 10.2 Å². The van der Waals surface area contributed by atoms with Gasteiger partial charge in [-0.15, -0.1) is 11.8 Å². The number of carbonyl (C=O) groups is 2. The monoisotopic (exact) mass is 542 g/mol. The molecule has 1 N–H and O–H groups in total. The van der Waals surface area contributed by atoms with Crippen molar-refractivity contribution in [2.24, 2.45) is 0 Å². The number of rotatable bonds is 12. The Kier molecular flexibility index (Phi) is 11.2. The number of aryl methyl sites for hydroxylation is 1. The summed E-state index contributed by atoms with van der Waals surface area (Å²) in [7, 11) is 0. The minimum Gasteiger partial charge on any atom is -0.354 e. The lowest BCUT2D eigenvalue weighted by Crippen LogP contribution is -2.51. The summed E-state index contributed by atoms with van der Waals surface area (Å²) in [5.41, 5.74) is 4.04. The lowest BCUT2D eigenvalue weighted by atomic mass is 10.0. The Morgan fingerprint density at radius 2 is 1.72 bits per heavy atom. The van der Waals surface area contributed by atoms with Gasteiger partial charge in [-0.1, -0.05) is 96.4 Å². The zero-order chi connectivity index (χ0) is 25.9. The lowest BCUT2D eigenvalue weighted by Gasteiger charge is -2.31. The molecule has 3 aromatic carbocycles. The smallest absolute Gasteiger partial charge is 0.243 e. The van der Waals surface area contributed by atoms with Crippen molar-refractivity contribution in [1.29, 1.82) is 0 Å². The molecule has 0 aliphatic carbocycles. The molecule has 1 atom stereocenters. The molecule has 0 spiro atoms. The van der Waals surface area contributed by atoms with E-state index in [0.29, 0.717) is 35.3 Å². The van der Waals surface area contributed by atoms with Crippen LogP contribution in [-0.2, 0) is 28.3 Å². The first-order valence-corrected chi connectivity index (χ1v) is 14.0. The van der Waals surface area contributed by atoms with E-state index in [1.54, 1.807) is 17.0 Å². The molecular formula is C29H32Cl2N2O2S. The molecule has 0 saturated heterocycles. The average Bonchev–Trinajstić information content (AvgIpc) is 2.86. The molecule has 0 aliphatic rings. The maximum absolute atomic E-state index is 13.6. The molecular weight excluding hydrogens is 511 g/mol. The molecule has 0 fully saturated rings. The van der Waals surface area contributed by atoms with E-state index in [0.717, 1.165) is 28.7 Å². The van der Waals surface area contributed by atoms with Gasteiger partial charge in [0.15, 0.2) is 0 Å². The van der Waals surface area contributed by atoms with Crippen molar-refractivity contribution in [2.75, 3.05) is 12.3 Å². The van der Waals surface area contributed by atoms with E-state index in [1.165, 1.54) is 11.8 Å². The number of nitrogens with one attached hydrogen (secondary N) is 1. The molecule has 190 valence electrons. The SMILES string of the molecule is CCCNC(=O)[C@H](Cc1ccccc1)N(Cc1cccc(C)c1)C(=O)CSCc1ccc(Cl)cc1Cl. The Balaban J connectivity index is 1.84. The number of halogens is 2. The van der Waals surface area contributed by atoms with Crippen LogP contribution >= 0.6 is 35.0 Å². The van der Waals surface area contributed by atoms with Gasteiger partial charge in [-0.05, 0) is 42.2 Å². The van der Waals surface area contributed by atoms with Crippen LogP contribution in [0.5, 0.6) is 0 Å². The second-order valence-electron chi connectivity index (χ2n) is 8.74. The summed E-state index contributed by atoms with van der Waals surface area (Å²) in [5, 5.41) is 4.17. The average molecular weight is 544 g/mol. The van der Waals surface area contributed by atoms with Crippen molar-refractivity contribution in [2.45, 2.75) is 45.0 Å². The van der Waals surface area contributed by atoms with Crippen LogP contribution in [0, 0.1) is 6.92 Å². The Bertz CT molecular complexity index is 1160. The van der Waals surface area contributed by atoms with Crippen LogP contribution in [0.25, 0.3) is 0 Å². The van der Waals surface area contributed by atoms with E-state index in [-0.39, 0.29) is 17.6 Å². The molecule has 36 heavy (non-hydrogen) atoms. The molecule has 0 saturated carbocycles. The molecule has 7 heteroatoms. The zero-order valence-corrected chi connectivity index (χ0v) is 23.0. The van der Waals surface area contributed by atoms with E-state index in [4.69, 9.17) is 23.2 Å². The van der Waals surface area contributed by atoms with Crippen molar-refractivity contribution in [3.63, 3.8) is 0 Å². The Morgan fingerprint density at radius 3 is 2.42 bits per heavy atom. The fourth-order valence-corrected chi connectivity index (χ4v) is 5.37. The number of carbonyl (C=O) groups excluding carboxylic acids is 2. The highest BCUT2D eigenvalue weighted by Crippen LogP contribution is 2.25. The predicted octanol–water partition coefficient (Wildman–Crippen LogP) is 6.70. The normalized spacial score (nSPS) is 11.7. The fraction of sp³-hybridized carbons (Fsp3) is 0.310. The van der Waals surface area contributed by atoms with Gasteiger partial charge in [0.05, 0.1) is 5.75 Å². The van der Waals surface area contributed by atoms with Gasteiger partial charge in [-0.2, -0.15) is 0 Å². The van der Waals surface area contributed by atoms with Crippen molar-refractivity contribution in [3.05, 3.63) is 105 Å². The summed E-state index contributed by atoms with van der Waals surface area (Å²) in [6.45, 7) is 4.97. The third-order valence-electron chi connectivity index (χ3n) is 5.75. The van der Waals surface area contributed by atoms with Crippen LogP contribution in [-0.4, -0.2) is 35.1 Å². The van der Waals surface area contributed by atoms with Crippen LogP contribution < -0.4 is 5.32 Å². The first-order chi connectivity index (χ1) is 17.4. The quantitative estimate of drug-likeness (QED) is 0.277. The predicted molar refractivity (Wildman–Crippen MR) is 152 cm³/mol. The zero-order valence-electron chi connectivity index (χ0n) is 20.7. The van der Waals surface area contributed by atoms with Gasteiger partial charge >= 0.3 is 0 Å². The highest BCUT2D eigenvalue weighted by Gasteiger charge is 2.30. The maximum atomic E-state index is 13.6. The summed E-state index contributed by atoms with van der Waals surface area (Å²) >= 11 is 13.8. The molecule has 0 bridgehead atoms. The molecule has 3 rings (SSSR count). The number of thioether (sulfide) groups is 1. The molecule has 3 aromatic rings. The van der Waals surface area contributed by atoms with Crippen LogP contribution in [0.1, 0.15) is 35.6 Å². The standard InChI is InChI=1S/C29H32Cl2N2O2S/c1-3-14-32-29(35)27(16-22-9-5-4-6-10-22)33(18-23-11-7-8-21(2)15-23)28(34)20-36-19-24-12-13-25(30)17-26(24)31/h4-13,15,17,27H,3,14,16,18-20H2,1-2H3,(H,32,35)/t27-/m0/s1. The number of hydrogen-bond donors (Lipinski definition) is 1. The third kappa shape index (κ3) is 8.58. The van der Waals surface area contributed by atoms with E-state index < -0.39 is 6.04 Å². The van der Waals surface area contributed by atoms with Gasteiger partial charge in [-0.25, -0.2) is 0 Å². The highest BCUT2D eigenvalue weighted by molar-refractivity contribution is 7.99. The maximum Gasteiger partial charge on any atom is 0.243 e. The van der Waals surface area contributed by atoms with Crippen LogP contribution in [0.3, 0.4) is 0 Å². The molecule has 0 radical (unpaired) electrons. The fourth-order valence-electron chi connectivity index (χ4n) is 3.90. The van der Waals surface area contributed by atoms with Gasteiger partial charge in [-0.3, -0.25) is 9.59 Å². The minimum absolute atomic E-state index is 0.0841. The molecule has 0 unspecified atom stereocenters. The Morgan fingerprint density at radius 1 is 0.972 bits per heavy atom. The van der Waals surface area contributed by atoms with E-state index in [9.17, 15) is 9.59 Å². The molecule has 0 aliphatic heterocycles. The van der Waals surface area contributed by atoms with E-state index >= 15 is 0 Å². The Labute approximate surface area is 228 Å². The van der Waals surface area contributed by atoms with Crippen LogP contribution in [0.15, 0.2) is 72.8 Å². The van der Waals surface area contributed by atoms with Gasteiger partial charge in [0, 0.05) is 35.3 Å². The summed E-state index contributed by atoms with van der Waals surface area (Å²) in [6, 6.07) is 22.7. The van der Waals surface area contributed by atoms with Crippen LogP contribution in [0.2, 0.25) is 10.0 Å². The topological polar surface area (TPSA) is 49.4 Å². The lowest BCUT2D eigenvalue weighted by molar-refractivity contribution is -0.139. The van der Waals surface area contributed by atoms with Gasteiger partial charge < -0.3 is 10.2 Å². The van der Waals surface area contributed by atoms with Crippen molar-refractivity contribution in [3.8, 4) is 0 Å². The molecule has 0 heterocycles. The second kappa shape index (κ2) is 14.3. The largest absolute Gasteiger partial charge is 0.354 e. The van der Waals surface area contributed by atoms with Gasteiger partial charge in [0.2, 0.25) is 11.8 Å². The highest BCUT2D eigenvalue weighted by atomic mass is 35.5. The van der Waals surface area contributed by atoms with Crippen molar-refractivity contribution < 1.29 is 9.59 Å². The van der Waals surface area contributed by atoms with Gasteiger partial charge in [0.25, 0.3) is 0 Å². The summed E-state index contributed by atoms with van der Waals surface area (Å²) < 4.78 is 0. The third-order valence-corrected chi connectivity index (χ3v) is 7.31. The number of benzene rings is 3. The van der Waals surface area contributed by atoms with Gasteiger partial charge in [0.1, 0.15) is 6.04 Å². The van der Waals surface area contributed by atoms with Crippen molar-refractivity contribution >= 4 is 46.8 Å². The molecule has 2 amide bonds. The second-order valence-corrected chi connectivity index (χ2v) is 10.6. The summed E-state index contributed by atoms with van der Waals surface area (Å²) in [6.07, 6.45) is 1.27. The van der Waals surface area contributed by atoms with Crippen LogP contribution in [0.4, 0.5) is 0 Å². The first kappa shape index (κ1) is 28.1. The minimum atomic E-state index is -0.619. The Hall–Kier alpha value is -2.47. The van der Waals surface area contributed by atoms with E-state index in [2.05, 4.69) is 11.4 Å². The summed E-state index contributed by atoms with van der Waals surface area (Å²) in [4.78, 5) is 28.7. The number of nitrogens with zero attached hydrogens (tertiary/aromatic N) is 1. The molecule has 4 nitrogen and oxygen atoms in total. The molecule has 0 aromatic heterocycles. The number of hydrogen-bond acceptors (Lipinski definition) is 3. The first-order valence-electron chi connectivity index (χ1n) is 12.1.